The lowest BCUT2D eigenvalue weighted by Gasteiger charge is -2.10. The molecule has 0 spiro atoms. The van der Waals surface area contributed by atoms with Crippen LogP contribution < -0.4 is 10.6 Å². The van der Waals surface area contributed by atoms with E-state index in [1.807, 2.05) is 26.0 Å². The van der Waals surface area contributed by atoms with Crippen LogP contribution in [0.3, 0.4) is 0 Å². The van der Waals surface area contributed by atoms with Gasteiger partial charge in [-0.25, -0.2) is 9.37 Å². The molecule has 0 saturated heterocycles. The highest BCUT2D eigenvalue weighted by atomic mass is 32.1. The predicted octanol–water partition coefficient (Wildman–Crippen LogP) is 5.38. The molecule has 0 aliphatic heterocycles. The number of thiocarbonyl (C=S) groups is 1. The van der Waals surface area contributed by atoms with E-state index in [2.05, 4.69) is 15.6 Å². The summed E-state index contributed by atoms with van der Waals surface area (Å²) in [6.45, 7) is 3.95. The van der Waals surface area contributed by atoms with E-state index in [4.69, 9.17) is 16.6 Å². The van der Waals surface area contributed by atoms with Gasteiger partial charge in [-0.2, -0.15) is 0 Å². The molecule has 0 fully saturated rings. The van der Waals surface area contributed by atoms with Crippen LogP contribution in [-0.2, 0) is 0 Å². The Balaban J connectivity index is 1.47. The van der Waals surface area contributed by atoms with Crippen molar-refractivity contribution in [3.63, 3.8) is 0 Å². The second-order valence-electron chi connectivity index (χ2n) is 6.92. The Labute approximate surface area is 177 Å². The number of carbonyl (C=O) groups is 1. The van der Waals surface area contributed by atoms with Crippen LogP contribution in [0, 0.1) is 19.7 Å². The maximum Gasteiger partial charge on any atom is 0.257 e. The van der Waals surface area contributed by atoms with Gasteiger partial charge in [-0.05, 0) is 91.8 Å². The summed E-state index contributed by atoms with van der Waals surface area (Å²) in [7, 11) is 0. The van der Waals surface area contributed by atoms with Crippen LogP contribution in [0.5, 0.6) is 0 Å². The number of anilines is 1. The average Bonchev–Trinajstić information content (AvgIpc) is 3.13. The van der Waals surface area contributed by atoms with Crippen molar-refractivity contribution in [1.82, 2.24) is 10.3 Å². The minimum atomic E-state index is -0.322. The molecule has 5 nitrogen and oxygen atoms in total. The van der Waals surface area contributed by atoms with Gasteiger partial charge in [-0.3, -0.25) is 10.1 Å². The van der Waals surface area contributed by atoms with E-state index in [0.717, 1.165) is 11.1 Å². The van der Waals surface area contributed by atoms with Crippen molar-refractivity contribution in [2.75, 3.05) is 5.32 Å². The quantitative estimate of drug-likeness (QED) is 0.437. The molecule has 0 saturated carbocycles. The second kappa shape index (κ2) is 8.04. The molecule has 1 amide bonds. The van der Waals surface area contributed by atoms with E-state index >= 15 is 0 Å². The molecule has 3 aromatic carbocycles. The molecular weight excluding hydrogens is 401 g/mol. The maximum atomic E-state index is 13.1. The number of amides is 1. The summed E-state index contributed by atoms with van der Waals surface area (Å²) in [6, 6.07) is 16.7. The number of oxazole rings is 1. The van der Waals surface area contributed by atoms with Gasteiger partial charge < -0.3 is 9.73 Å². The first-order valence-corrected chi connectivity index (χ1v) is 9.66. The number of aromatic nitrogens is 1. The third kappa shape index (κ3) is 4.21. The van der Waals surface area contributed by atoms with Crippen LogP contribution >= 0.6 is 12.2 Å². The molecule has 1 aromatic heterocycles. The van der Waals surface area contributed by atoms with Crippen LogP contribution in [0.2, 0.25) is 0 Å². The summed E-state index contributed by atoms with van der Waals surface area (Å²) < 4.78 is 18.8. The number of benzene rings is 3. The van der Waals surface area contributed by atoms with Crippen molar-refractivity contribution in [2.24, 2.45) is 0 Å². The Bertz CT molecular complexity index is 1270. The molecule has 0 aliphatic carbocycles. The number of carbonyl (C=O) groups excluding carboxylic acids is 1. The van der Waals surface area contributed by atoms with E-state index in [0.29, 0.717) is 33.8 Å². The monoisotopic (exact) mass is 419 g/mol. The number of halogens is 1. The maximum absolute atomic E-state index is 13.1. The molecule has 7 heteroatoms. The molecule has 0 bridgehead atoms. The number of aryl methyl sites for hydroxylation is 2. The Morgan fingerprint density at radius 2 is 1.77 bits per heavy atom. The first kappa shape index (κ1) is 19.7. The van der Waals surface area contributed by atoms with Gasteiger partial charge in [0, 0.05) is 16.8 Å². The van der Waals surface area contributed by atoms with Gasteiger partial charge >= 0.3 is 0 Å². The molecule has 1 heterocycles. The Kier molecular flexibility index (Phi) is 5.29. The van der Waals surface area contributed by atoms with Gasteiger partial charge in [0.2, 0.25) is 5.89 Å². The number of hydrogen-bond acceptors (Lipinski definition) is 4. The molecule has 0 atom stereocenters. The molecule has 30 heavy (non-hydrogen) atoms. The molecule has 2 N–H and O–H groups in total. The molecule has 4 rings (SSSR count). The van der Waals surface area contributed by atoms with Gasteiger partial charge in [-0.15, -0.1) is 0 Å². The van der Waals surface area contributed by atoms with Crippen molar-refractivity contribution < 1.29 is 13.6 Å². The number of rotatable bonds is 3. The standard InChI is InChI=1S/C23H18FN3O2S/c1-13-3-4-16(11-14(13)2)21(28)27-23(30)25-18-9-10-20-19(12-18)26-22(29-20)15-5-7-17(24)8-6-15/h3-12H,1-2H3,(H2,25,27,28,30). The largest absolute Gasteiger partial charge is 0.436 e. The lowest BCUT2D eigenvalue weighted by molar-refractivity contribution is 0.0977. The number of nitrogens with one attached hydrogen (secondary N) is 2. The molecular formula is C23H18FN3O2S. The van der Waals surface area contributed by atoms with Crippen LogP contribution in [0.15, 0.2) is 65.1 Å². The van der Waals surface area contributed by atoms with Gasteiger partial charge in [0.15, 0.2) is 10.7 Å². The Morgan fingerprint density at radius 3 is 2.50 bits per heavy atom. The first-order chi connectivity index (χ1) is 14.4. The molecule has 0 radical (unpaired) electrons. The van der Waals surface area contributed by atoms with Crippen molar-refractivity contribution >= 4 is 40.0 Å². The van der Waals surface area contributed by atoms with Crippen LogP contribution in [-0.4, -0.2) is 16.0 Å². The highest BCUT2D eigenvalue weighted by molar-refractivity contribution is 7.80. The highest BCUT2D eigenvalue weighted by Crippen LogP contribution is 2.26. The summed E-state index contributed by atoms with van der Waals surface area (Å²) in [5.74, 6) is -0.206. The minimum Gasteiger partial charge on any atom is -0.436 e. The van der Waals surface area contributed by atoms with Crippen LogP contribution in [0.1, 0.15) is 21.5 Å². The van der Waals surface area contributed by atoms with E-state index < -0.39 is 0 Å². The number of fused-ring (bicyclic) bond motifs is 1. The summed E-state index contributed by atoms with van der Waals surface area (Å²) in [5.41, 5.74) is 5.24. The third-order valence-electron chi connectivity index (χ3n) is 4.73. The Morgan fingerprint density at radius 1 is 1.00 bits per heavy atom. The van der Waals surface area contributed by atoms with E-state index in [9.17, 15) is 9.18 Å². The highest BCUT2D eigenvalue weighted by Gasteiger charge is 2.12. The Hall–Kier alpha value is -3.58. The van der Waals surface area contributed by atoms with Crippen molar-refractivity contribution in [1.29, 1.82) is 0 Å². The number of nitrogens with zero attached hydrogens (tertiary/aromatic N) is 1. The second-order valence-corrected chi connectivity index (χ2v) is 7.32. The topological polar surface area (TPSA) is 67.2 Å². The normalized spacial score (nSPS) is 10.8. The van der Waals surface area contributed by atoms with E-state index in [1.165, 1.54) is 12.1 Å². The third-order valence-corrected chi connectivity index (χ3v) is 4.94. The smallest absolute Gasteiger partial charge is 0.257 e. The fourth-order valence-electron chi connectivity index (χ4n) is 2.94. The first-order valence-electron chi connectivity index (χ1n) is 9.25. The van der Waals surface area contributed by atoms with Crippen LogP contribution in [0.25, 0.3) is 22.6 Å². The molecule has 0 unspecified atom stereocenters. The molecule has 4 aromatic rings. The SMILES string of the molecule is Cc1ccc(C(=O)NC(=S)Nc2ccc3oc(-c4ccc(F)cc4)nc3c2)cc1C. The fraction of sp³-hybridized carbons (Fsp3) is 0.0870. The summed E-state index contributed by atoms with van der Waals surface area (Å²) >= 11 is 5.27. The van der Waals surface area contributed by atoms with Gasteiger partial charge in [-0.1, -0.05) is 6.07 Å². The minimum absolute atomic E-state index is 0.180. The van der Waals surface area contributed by atoms with Gasteiger partial charge in [0.25, 0.3) is 5.91 Å². The van der Waals surface area contributed by atoms with E-state index in [-0.39, 0.29) is 16.8 Å². The van der Waals surface area contributed by atoms with Gasteiger partial charge in [0.1, 0.15) is 11.3 Å². The van der Waals surface area contributed by atoms with Crippen LogP contribution in [0.4, 0.5) is 10.1 Å². The fourth-order valence-corrected chi connectivity index (χ4v) is 3.15. The van der Waals surface area contributed by atoms with Crippen molar-refractivity contribution in [2.45, 2.75) is 13.8 Å². The van der Waals surface area contributed by atoms with Crippen molar-refractivity contribution in [3.05, 3.63) is 83.2 Å². The van der Waals surface area contributed by atoms with Gasteiger partial charge in [0.05, 0.1) is 0 Å². The zero-order chi connectivity index (χ0) is 21.3. The lowest BCUT2D eigenvalue weighted by Crippen LogP contribution is -2.34. The summed E-state index contributed by atoms with van der Waals surface area (Å²) in [6.07, 6.45) is 0. The molecule has 150 valence electrons. The number of hydrogen-bond donors (Lipinski definition) is 2. The average molecular weight is 419 g/mol. The zero-order valence-corrected chi connectivity index (χ0v) is 17.1. The van der Waals surface area contributed by atoms with E-state index in [1.54, 1.807) is 36.4 Å². The predicted molar refractivity (Wildman–Crippen MR) is 119 cm³/mol. The summed E-state index contributed by atoms with van der Waals surface area (Å²) in [4.78, 5) is 16.9. The lowest BCUT2D eigenvalue weighted by atomic mass is 10.1. The van der Waals surface area contributed by atoms with Crippen molar-refractivity contribution in [3.8, 4) is 11.5 Å². The molecule has 0 aliphatic rings. The summed E-state index contributed by atoms with van der Waals surface area (Å²) in [5, 5.41) is 5.84. The zero-order valence-electron chi connectivity index (χ0n) is 16.3.